The number of nitrogens with zero attached hydrogens (tertiary/aromatic N) is 1. The third kappa shape index (κ3) is 5.38. The summed E-state index contributed by atoms with van der Waals surface area (Å²) in [5, 5.41) is 23.3. The fourth-order valence-corrected chi connectivity index (χ4v) is 5.81. The zero-order chi connectivity index (χ0) is 22.4. The maximum Gasteiger partial charge on any atom is 0.117 e. The van der Waals surface area contributed by atoms with Gasteiger partial charge in [0.05, 0.1) is 11.1 Å². The molecular formula is C27H30ClNO2S. The molecule has 1 aliphatic heterocycles. The van der Waals surface area contributed by atoms with Gasteiger partial charge in [0.2, 0.25) is 0 Å². The first-order valence-corrected chi connectivity index (χ1v) is 12.5. The van der Waals surface area contributed by atoms with Crippen molar-refractivity contribution in [2.24, 2.45) is 5.92 Å². The molecule has 0 radical (unpaired) electrons. The Morgan fingerprint density at radius 2 is 1.41 bits per heavy atom. The van der Waals surface area contributed by atoms with Crippen molar-refractivity contribution >= 4 is 23.4 Å². The molecule has 1 aliphatic rings. The Balaban J connectivity index is 1.38. The summed E-state index contributed by atoms with van der Waals surface area (Å²) in [7, 11) is 0. The van der Waals surface area contributed by atoms with Gasteiger partial charge >= 0.3 is 0 Å². The number of thioether (sulfide) groups is 1. The summed E-state index contributed by atoms with van der Waals surface area (Å²) < 4.78 is 0. The van der Waals surface area contributed by atoms with Gasteiger partial charge in [0, 0.05) is 17.2 Å². The van der Waals surface area contributed by atoms with Crippen molar-refractivity contribution in [1.29, 1.82) is 0 Å². The minimum atomic E-state index is -1.01. The Kier molecular flexibility index (Phi) is 7.93. The van der Waals surface area contributed by atoms with E-state index in [2.05, 4.69) is 4.90 Å². The van der Waals surface area contributed by atoms with Crippen LogP contribution in [-0.2, 0) is 5.60 Å². The van der Waals surface area contributed by atoms with Crippen molar-refractivity contribution < 1.29 is 10.2 Å². The van der Waals surface area contributed by atoms with Crippen LogP contribution in [0.1, 0.15) is 24.0 Å². The molecule has 1 atom stereocenters. The zero-order valence-corrected chi connectivity index (χ0v) is 19.7. The Labute approximate surface area is 200 Å². The van der Waals surface area contributed by atoms with Gasteiger partial charge in [-0.25, -0.2) is 0 Å². The van der Waals surface area contributed by atoms with E-state index >= 15 is 0 Å². The number of aliphatic hydroxyl groups excluding tert-OH is 1. The van der Waals surface area contributed by atoms with Gasteiger partial charge in [0.25, 0.3) is 0 Å². The number of piperidine rings is 1. The topological polar surface area (TPSA) is 43.7 Å². The van der Waals surface area contributed by atoms with E-state index < -0.39 is 11.7 Å². The average molecular weight is 468 g/mol. The van der Waals surface area contributed by atoms with Gasteiger partial charge in [-0.05, 0) is 55.1 Å². The molecule has 0 aromatic heterocycles. The molecule has 0 spiro atoms. The summed E-state index contributed by atoms with van der Waals surface area (Å²) in [6.45, 7) is 2.36. The van der Waals surface area contributed by atoms with Gasteiger partial charge in [-0.3, -0.25) is 0 Å². The molecule has 4 rings (SSSR count). The van der Waals surface area contributed by atoms with Crippen LogP contribution in [0.4, 0.5) is 0 Å². The van der Waals surface area contributed by atoms with E-state index in [1.165, 1.54) is 0 Å². The van der Waals surface area contributed by atoms with Crippen LogP contribution in [0.25, 0.3) is 0 Å². The van der Waals surface area contributed by atoms with Crippen molar-refractivity contribution in [3.05, 3.63) is 101 Å². The molecule has 0 saturated carbocycles. The van der Waals surface area contributed by atoms with E-state index in [-0.39, 0.29) is 5.92 Å². The van der Waals surface area contributed by atoms with Crippen LogP contribution in [-0.4, -0.2) is 46.6 Å². The molecule has 2 N–H and O–H groups in total. The lowest BCUT2D eigenvalue weighted by Gasteiger charge is -2.42. The summed E-state index contributed by atoms with van der Waals surface area (Å²) in [5.41, 5.74) is 0.884. The first-order valence-electron chi connectivity index (χ1n) is 11.2. The highest BCUT2D eigenvalue weighted by Crippen LogP contribution is 2.42. The van der Waals surface area contributed by atoms with Gasteiger partial charge in [-0.1, -0.05) is 84.4 Å². The fraction of sp³-hybridized carbons (Fsp3) is 0.333. The van der Waals surface area contributed by atoms with Gasteiger partial charge in [0.15, 0.2) is 0 Å². The number of likely N-dealkylation sites (tertiary alicyclic amines) is 1. The summed E-state index contributed by atoms with van der Waals surface area (Å²) in [4.78, 5) is 3.31. The van der Waals surface area contributed by atoms with Crippen LogP contribution in [0, 0.1) is 5.92 Å². The number of rotatable bonds is 8. The van der Waals surface area contributed by atoms with Crippen molar-refractivity contribution in [2.75, 3.05) is 25.4 Å². The standard InChI is InChI=1S/C27H30ClNO2S/c28-25-13-7-8-14-26(25)32-20-24(30)19-29-17-15-23(16-18-29)27(31,21-9-3-1-4-10-21)22-11-5-2-6-12-22/h1-14,23-24,30-31H,15-20H2. The molecular weight excluding hydrogens is 438 g/mol. The van der Waals surface area contributed by atoms with E-state index in [0.29, 0.717) is 12.3 Å². The predicted molar refractivity (Wildman–Crippen MR) is 133 cm³/mol. The van der Waals surface area contributed by atoms with Crippen molar-refractivity contribution in [1.82, 2.24) is 4.90 Å². The molecule has 0 bridgehead atoms. The van der Waals surface area contributed by atoms with Crippen LogP contribution in [0.5, 0.6) is 0 Å². The number of halogens is 1. The maximum absolute atomic E-state index is 12.0. The summed E-state index contributed by atoms with van der Waals surface area (Å²) in [5.74, 6) is 0.736. The minimum Gasteiger partial charge on any atom is -0.391 e. The van der Waals surface area contributed by atoms with E-state index in [1.807, 2.05) is 84.9 Å². The minimum absolute atomic E-state index is 0.123. The second-order valence-electron chi connectivity index (χ2n) is 8.47. The van der Waals surface area contributed by atoms with Crippen molar-refractivity contribution in [3.63, 3.8) is 0 Å². The van der Waals surface area contributed by atoms with E-state index in [1.54, 1.807) is 11.8 Å². The molecule has 1 fully saturated rings. The molecule has 0 aliphatic carbocycles. The van der Waals surface area contributed by atoms with E-state index in [4.69, 9.17) is 11.6 Å². The Morgan fingerprint density at radius 3 is 1.97 bits per heavy atom. The van der Waals surface area contributed by atoms with E-state index in [0.717, 1.165) is 47.0 Å². The van der Waals surface area contributed by atoms with Crippen molar-refractivity contribution in [2.45, 2.75) is 29.4 Å². The van der Waals surface area contributed by atoms with Crippen molar-refractivity contribution in [3.8, 4) is 0 Å². The van der Waals surface area contributed by atoms with E-state index in [9.17, 15) is 10.2 Å². The summed E-state index contributed by atoms with van der Waals surface area (Å²) in [6.07, 6.45) is 1.34. The molecule has 1 saturated heterocycles. The monoisotopic (exact) mass is 467 g/mol. The maximum atomic E-state index is 12.0. The third-order valence-electron chi connectivity index (χ3n) is 6.34. The van der Waals surface area contributed by atoms with Gasteiger partial charge < -0.3 is 15.1 Å². The number of hydrogen-bond donors (Lipinski definition) is 2. The first-order chi connectivity index (χ1) is 15.6. The number of benzene rings is 3. The number of aliphatic hydroxyl groups is 2. The Bertz CT molecular complexity index is 938. The number of β-amino-alcohol motifs (C(OH)–C–C–N with tert-alkyl or cyclic N) is 1. The van der Waals surface area contributed by atoms with Crippen LogP contribution < -0.4 is 0 Å². The molecule has 168 valence electrons. The molecule has 0 amide bonds. The lowest BCUT2D eigenvalue weighted by molar-refractivity contribution is -0.0186. The average Bonchev–Trinajstić information content (AvgIpc) is 2.84. The van der Waals surface area contributed by atoms with Gasteiger partial charge in [-0.2, -0.15) is 0 Å². The zero-order valence-electron chi connectivity index (χ0n) is 18.1. The second kappa shape index (κ2) is 10.9. The highest BCUT2D eigenvalue weighted by molar-refractivity contribution is 7.99. The molecule has 3 aromatic rings. The van der Waals surface area contributed by atoms with Crippen LogP contribution in [0.2, 0.25) is 5.02 Å². The lowest BCUT2D eigenvalue weighted by Crippen LogP contribution is -2.46. The molecule has 3 aromatic carbocycles. The highest BCUT2D eigenvalue weighted by atomic mass is 35.5. The van der Waals surface area contributed by atoms with Gasteiger partial charge in [0.1, 0.15) is 5.60 Å². The molecule has 32 heavy (non-hydrogen) atoms. The third-order valence-corrected chi connectivity index (χ3v) is 8.00. The normalized spacial score (nSPS) is 16.7. The second-order valence-corrected chi connectivity index (χ2v) is 9.94. The largest absolute Gasteiger partial charge is 0.391 e. The Hall–Kier alpha value is -1.82. The lowest BCUT2D eigenvalue weighted by atomic mass is 9.72. The fourth-order valence-electron chi connectivity index (χ4n) is 4.65. The first kappa shape index (κ1) is 23.3. The highest BCUT2D eigenvalue weighted by Gasteiger charge is 2.41. The predicted octanol–water partition coefficient (Wildman–Crippen LogP) is 5.44. The molecule has 1 unspecified atom stereocenters. The number of hydrogen-bond acceptors (Lipinski definition) is 4. The van der Waals surface area contributed by atoms with Gasteiger partial charge in [-0.15, -0.1) is 11.8 Å². The Morgan fingerprint density at radius 1 is 0.875 bits per heavy atom. The van der Waals surface area contributed by atoms with Crippen LogP contribution in [0.15, 0.2) is 89.8 Å². The van der Waals surface area contributed by atoms with Crippen LogP contribution >= 0.6 is 23.4 Å². The summed E-state index contributed by atoms with van der Waals surface area (Å²) >= 11 is 7.82. The quantitative estimate of drug-likeness (QED) is 0.433. The smallest absolute Gasteiger partial charge is 0.117 e. The molecule has 3 nitrogen and oxygen atoms in total. The summed E-state index contributed by atoms with van der Waals surface area (Å²) in [6, 6.07) is 27.8. The van der Waals surface area contributed by atoms with Crippen LogP contribution in [0.3, 0.4) is 0 Å². The molecule has 1 heterocycles. The SMILES string of the molecule is OC(CSc1ccccc1Cl)CN1CCC(C(O)(c2ccccc2)c2ccccc2)CC1. The molecule has 5 heteroatoms.